The fourth-order valence-electron chi connectivity index (χ4n) is 2.01. The number of hydrogen-bond acceptors (Lipinski definition) is 6. The molecule has 1 aliphatic rings. The van der Waals surface area contributed by atoms with Crippen molar-refractivity contribution in [2.24, 2.45) is 0 Å². The summed E-state index contributed by atoms with van der Waals surface area (Å²) in [4.78, 5) is 13.4. The van der Waals surface area contributed by atoms with Gasteiger partial charge in [0.1, 0.15) is 6.04 Å². The maximum Gasteiger partial charge on any atom is 0.318 e. The minimum absolute atomic E-state index is 0.0110. The molecule has 19 heavy (non-hydrogen) atoms. The van der Waals surface area contributed by atoms with Crippen molar-refractivity contribution in [2.45, 2.75) is 39.3 Å². The van der Waals surface area contributed by atoms with Crippen molar-refractivity contribution in [3.63, 3.8) is 0 Å². The molecule has 2 heterocycles. The van der Waals surface area contributed by atoms with E-state index >= 15 is 0 Å². The van der Waals surface area contributed by atoms with Crippen LogP contribution in [0.25, 0.3) is 0 Å². The van der Waals surface area contributed by atoms with E-state index < -0.39 is 0 Å². The van der Waals surface area contributed by atoms with Gasteiger partial charge in [0, 0.05) is 13.1 Å². The zero-order valence-electron chi connectivity index (χ0n) is 11.6. The Hall–Kier alpha value is -1.63. The number of carbonyl (C=O) groups is 1. The molecule has 0 spiro atoms. The summed E-state index contributed by atoms with van der Waals surface area (Å²) in [5, 5.41) is 14.2. The molecule has 106 valence electrons. The number of aromatic nitrogens is 2. The maximum atomic E-state index is 11.6. The third-order valence-corrected chi connectivity index (χ3v) is 3.25. The van der Waals surface area contributed by atoms with Crippen LogP contribution < -0.4 is 15.5 Å². The number of nitrogens with one attached hydrogen (secondary N) is 2. The van der Waals surface area contributed by atoms with Crippen LogP contribution in [0.4, 0.5) is 6.01 Å². The monoisotopic (exact) mass is 267 g/mol. The van der Waals surface area contributed by atoms with E-state index in [1.807, 2.05) is 18.7 Å². The Balaban J connectivity index is 2.05. The SMILES string of the molecule is CCCNC(C)c1nnc(N2CCNC(=O)C2C)o1. The molecule has 7 nitrogen and oxygen atoms in total. The second kappa shape index (κ2) is 6.01. The summed E-state index contributed by atoms with van der Waals surface area (Å²) in [6.45, 7) is 8.11. The molecule has 1 saturated heterocycles. The Kier molecular flexibility index (Phi) is 4.36. The van der Waals surface area contributed by atoms with E-state index in [1.165, 1.54) is 0 Å². The van der Waals surface area contributed by atoms with Gasteiger partial charge in [-0.25, -0.2) is 0 Å². The molecule has 1 fully saturated rings. The summed E-state index contributed by atoms with van der Waals surface area (Å²) in [5.41, 5.74) is 0. The topological polar surface area (TPSA) is 83.3 Å². The van der Waals surface area contributed by atoms with E-state index in [0.717, 1.165) is 13.0 Å². The molecular formula is C12H21N5O2. The summed E-state index contributed by atoms with van der Waals surface area (Å²) in [6.07, 6.45) is 1.05. The number of piperazine rings is 1. The molecule has 0 saturated carbocycles. The lowest BCUT2D eigenvalue weighted by molar-refractivity contribution is -0.123. The standard InChI is InChI=1S/C12H21N5O2/c1-4-5-13-8(2)11-15-16-12(19-11)17-7-6-14-10(18)9(17)3/h8-9,13H,4-7H2,1-3H3,(H,14,18). The van der Waals surface area contributed by atoms with Gasteiger partial charge in [-0.1, -0.05) is 12.0 Å². The molecule has 1 amide bonds. The molecule has 2 atom stereocenters. The van der Waals surface area contributed by atoms with Crippen LogP contribution in [0.15, 0.2) is 4.42 Å². The highest BCUT2D eigenvalue weighted by Gasteiger charge is 2.29. The van der Waals surface area contributed by atoms with Crippen molar-refractivity contribution in [1.82, 2.24) is 20.8 Å². The Labute approximate surface area is 112 Å². The zero-order chi connectivity index (χ0) is 13.8. The van der Waals surface area contributed by atoms with E-state index in [2.05, 4.69) is 27.8 Å². The van der Waals surface area contributed by atoms with Gasteiger partial charge in [-0.3, -0.25) is 4.79 Å². The van der Waals surface area contributed by atoms with E-state index in [0.29, 0.717) is 25.0 Å². The number of amides is 1. The van der Waals surface area contributed by atoms with Crippen LogP contribution in [0.1, 0.15) is 39.1 Å². The van der Waals surface area contributed by atoms with Crippen LogP contribution in [-0.2, 0) is 4.79 Å². The number of nitrogens with zero attached hydrogens (tertiary/aromatic N) is 3. The van der Waals surface area contributed by atoms with E-state index in [4.69, 9.17) is 4.42 Å². The van der Waals surface area contributed by atoms with Gasteiger partial charge in [-0.05, 0) is 26.8 Å². The summed E-state index contributed by atoms with van der Waals surface area (Å²) in [7, 11) is 0. The van der Waals surface area contributed by atoms with E-state index in [-0.39, 0.29) is 18.0 Å². The van der Waals surface area contributed by atoms with Crippen molar-refractivity contribution < 1.29 is 9.21 Å². The van der Waals surface area contributed by atoms with Crippen molar-refractivity contribution in [2.75, 3.05) is 24.5 Å². The van der Waals surface area contributed by atoms with Crippen LogP contribution in [-0.4, -0.2) is 41.8 Å². The van der Waals surface area contributed by atoms with Gasteiger partial charge in [0.15, 0.2) is 0 Å². The minimum atomic E-state index is -0.277. The molecule has 1 aliphatic heterocycles. The summed E-state index contributed by atoms with van der Waals surface area (Å²) in [5.74, 6) is 0.546. The fourth-order valence-corrected chi connectivity index (χ4v) is 2.01. The van der Waals surface area contributed by atoms with Crippen molar-refractivity contribution >= 4 is 11.9 Å². The average molecular weight is 267 g/mol. The van der Waals surface area contributed by atoms with Crippen molar-refractivity contribution in [3.8, 4) is 0 Å². The van der Waals surface area contributed by atoms with Crippen LogP contribution >= 0.6 is 0 Å². The quantitative estimate of drug-likeness (QED) is 0.806. The zero-order valence-corrected chi connectivity index (χ0v) is 11.6. The van der Waals surface area contributed by atoms with Crippen molar-refractivity contribution in [1.29, 1.82) is 0 Å². The highest BCUT2D eigenvalue weighted by Crippen LogP contribution is 2.20. The van der Waals surface area contributed by atoms with Gasteiger partial charge in [0.2, 0.25) is 11.8 Å². The average Bonchev–Trinajstić information content (AvgIpc) is 2.88. The normalized spacial score (nSPS) is 21.3. The molecule has 2 N–H and O–H groups in total. The fraction of sp³-hybridized carbons (Fsp3) is 0.750. The first kappa shape index (κ1) is 13.8. The third-order valence-electron chi connectivity index (χ3n) is 3.25. The summed E-state index contributed by atoms with van der Waals surface area (Å²) >= 11 is 0. The van der Waals surface area contributed by atoms with Gasteiger partial charge in [0.25, 0.3) is 0 Å². The number of rotatable bonds is 5. The predicted molar refractivity (Wildman–Crippen MR) is 70.8 cm³/mol. The highest BCUT2D eigenvalue weighted by atomic mass is 16.4. The largest absolute Gasteiger partial charge is 0.406 e. The molecule has 0 aromatic carbocycles. The lowest BCUT2D eigenvalue weighted by Crippen LogP contribution is -2.54. The first-order chi connectivity index (χ1) is 9.13. The van der Waals surface area contributed by atoms with Gasteiger partial charge >= 0.3 is 6.01 Å². The molecule has 1 aromatic rings. The molecule has 0 radical (unpaired) electrons. The third kappa shape index (κ3) is 3.04. The molecule has 0 aliphatic carbocycles. The van der Waals surface area contributed by atoms with Crippen LogP contribution in [0, 0.1) is 0 Å². The van der Waals surface area contributed by atoms with Gasteiger partial charge in [-0.15, -0.1) is 5.10 Å². The van der Waals surface area contributed by atoms with Gasteiger partial charge in [-0.2, -0.15) is 0 Å². The highest BCUT2D eigenvalue weighted by molar-refractivity contribution is 5.85. The maximum absolute atomic E-state index is 11.6. The lowest BCUT2D eigenvalue weighted by Gasteiger charge is -2.30. The summed E-state index contributed by atoms with van der Waals surface area (Å²) in [6, 6.07) is 0.165. The first-order valence-corrected chi connectivity index (χ1v) is 6.74. The first-order valence-electron chi connectivity index (χ1n) is 6.74. The molecule has 2 rings (SSSR count). The van der Waals surface area contributed by atoms with E-state index in [9.17, 15) is 4.79 Å². The molecule has 2 unspecified atom stereocenters. The van der Waals surface area contributed by atoms with Gasteiger partial charge in [0.05, 0.1) is 6.04 Å². The Morgan fingerprint density at radius 3 is 3.11 bits per heavy atom. The molecule has 7 heteroatoms. The number of carbonyl (C=O) groups excluding carboxylic acids is 1. The Morgan fingerprint density at radius 1 is 1.58 bits per heavy atom. The van der Waals surface area contributed by atoms with Crippen LogP contribution in [0.3, 0.4) is 0 Å². The number of hydrogen-bond donors (Lipinski definition) is 2. The molecule has 0 bridgehead atoms. The predicted octanol–water partition coefficient (Wildman–Crippen LogP) is 0.455. The van der Waals surface area contributed by atoms with E-state index in [1.54, 1.807) is 0 Å². The second-order valence-corrected chi connectivity index (χ2v) is 4.76. The molecule has 1 aromatic heterocycles. The van der Waals surface area contributed by atoms with Crippen molar-refractivity contribution in [3.05, 3.63) is 5.89 Å². The Bertz CT molecular complexity index is 434. The number of anilines is 1. The van der Waals surface area contributed by atoms with Gasteiger partial charge < -0.3 is 20.0 Å². The molecular weight excluding hydrogens is 246 g/mol. The Morgan fingerprint density at radius 2 is 2.37 bits per heavy atom. The summed E-state index contributed by atoms with van der Waals surface area (Å²) < 4.78 is 5.66. The second-order valence-electron chi connectivity index (χ2n) is 4.76. The van der Waals surface area contributed by atoms with Crippen LogP contribution in [0.2, 0.25) is 0 Å². The smallest absolute Gasteiger partial charge is 0.318 e. The lowest BCUT2D eigenvalue weighted by atomic mass is 10.2. The minimum Gasteiger partial charge on any atom is -0.406 e. The van der Waals surface area contributed by atoms with Crippen LogP contribution in [0.5, 0.6) is 0 Å².